The number of anilines is 1. The first-order valence-corrected chi connectivity index (χ1v) is 8.91. The van der Waals surface area contributed by atoms with Crippen molar-refractivity contribution in [3.63, 3.8) is 0 Å². The summed E-state index contributed by atoms with van der Waals surface area (Å²) in [6.07, 6.45) is -1.09. The minimum atomic E-state index is -1.09. The van der Waals surface area contributed by atoms with E-state index in [0.29, 0.717) is 11.1 Å². The van der Waals surface area contributed by atoms with Gasteiger partial charge in [-0.05, 0) is 37.3 Å². The van der Waals surface area contributed by atoms with Crippen LogP contribution in [0.2, 0.25) is 0 Å². The molecule has 146 valence electrons. The van der Waals surface area contributed by atoms with E-state index in [1.54, 1.807) is 24.3 Å². The Hall–Kier alpha value is -3.80. The first kappa shape index (κ1) is 19.9. The summed E-state index contributed by atoms with van der Waals surface area (Å²) in [7, 11) is 0. The fourth-order valence-electron chi connectivity index (χ4n) is 2.61. The van der Waals surface area contributed by atoms with Crippen molar-refractivity contribution < 1.29 is 23.5 Å². The van der Waals surface area contributed by atoms with Crippen molar-refractivity contribution in [1.29, 1.82) is 0 Å². The second-order valence-corrected chi connectivity index (χ2v) is 6.32. The largest absolute Gasteiger partial charge is 0.449 e. The topological polar surface area (TPSA) is 72.5 Å². The van der Waals surface area contributed by atoms with E-state index < -0.39 is 23.8 Å². The van der Waals surface area contributed by atoms with E-state index >= 15 is 0 Å². The van der Waals surface area contributed by atoms with Crippen LogP contribution in [0.15, 0.2) is 78.9 Å². The van der Waals surface area contributed by atoms with E-state index in [4.69, 9.17) is 4.74 Å². The van der Waals surface area contributed by atoms with Crippen LogP contribution in [0, 0.1) is 5.82 Å². The van der Waals surface area contributed by atoms with Crippen LogP contribution < -0.4 is 5.32 Å². The van der Waals surface area contributed by atoms with E-state index in [1.165, 1.54) is 49.4 Å². The molecule has 3 rings (SSSR count). The van der Waals surface area contributed by atoms with Crippen LogP contribution in [0.1, 0.15) is 33.2 Å². The van der Waals surface area contributed by atoms with Gasteiger partial charge in [0.25, 0.3) is 5.91 Å². The molecule has 29 heavy (non-hydrogen) atoms. The van der Waals surface area contributed by atoms with Crippen LogP contribution >= 0.6 is 0 Å². The Labute approximate surface area is 167 Å². The molecule has 0 radical (unpaired) electrons. The molecule has 0 fully saturated rings. The third-order valence-electron chi connectivity index (χ3n) is 4.16. The van der Waals surface area contributed by atoms with Crippen LogP contribution in [0.4, 0.5) is 10.1 Å². The number of halogens is 1. The van der Waals surface area contributed by atoms with Gasteiger partial charge in [0.05, 0.1) is 5.56 Å². The van der Waals surface area contributed by atoms with Crippen molar-refractivity contribution in [2.24, 2.45) is 0 Å². The SMILES string of the molecule is C[C@H](OC(=O)c1ccc(C(=O)c2ccccc2)cc1)C(=O)Nc1cccc(F)c1. The van der Waals surface area contributed by atoms with Crippen LogP contribution in [0.5, 0.6) is 0 Å². The van der Waals surface area contributed by atoms with Crippen LogP contribution in [0.25, 0.3) is 0 Å². The molecular weight excluding hydrogens is 373 g/mol. The molecule has 0 aliphatic heterocycles. The molecule has 1 atom stereocenters. The van der Waals surface area contributed by atoms with Crippen molar-refractivity contribution in [3.05, 3.63) is 101 Å². The molecule has 5 nitrogen and oxygen atoms in total. The maximum Gasteiger partial charge on any atom is 0.338 e. The van der Waals surface area contributed by atoms with Gasteiger partial charge in [0.15, 0.2) is 11.9 Å². The Morgan fingerprint density at radius 2 is 1.45 bits per heavy atom. The number of hydrogen-bond donors (Lipinski definition) is 1. The zero-order chi connectivity index (χ0) is 20.8. The van der Waals surface area contributed by atoms with Gasteiger partial charge in [-0.15, -0.1) is 0 Å². The predicted octanol–water partition coefficient (Wildman–Crippen LogP) is 4.24. The van der Waals surface area contributed by atoms with Gasteiger partial charge in [-0.2, -0.15) is 0 Å². The molecule has 0 spiro atoms. The molecule has 1 N–H and O–H groups in total. The molecule has 0 saturated heterocycles. The summed E-state index contributed by atoms with van der Waals surface area (Å²) < 4.78 is 18.3. The molecular formula is C23H18FNO4. The Bertz CT molecular complexity index is 1030. The van der Waals surface area contributed by atoms with Gasteiger partial charge in [-0.3, -0.25) is 9.59 Å². The normalized spacial score (nSPS) is 11.4. The molecule has 0 heterocycles. The summed E-state index contributed by atoms with van der Waals surface area (Å²) in [5, 5.41) is 2.48. The van der Waals surface area contributed by atoms with Crippen molar-refractivity contribution in [2.75, 3.05) is 5.32 Å². The number of carbonyl (C=O) groups excluding carboxylic acids is 3. The van der Waals surface area contributed by atoms with E-state index in [2.05, 4.69) is 5.32 Å². The van der Waals surface area contributed by atoms with Crippen LogP contribution in [0.3, 0.4) is 0 Å². The number of hydrogen-bond acceptors (Lipinski definition) is 4. The van der Waals surface area contributed by atoms with Crippen LogP contribution in [-0.4, -0.2) is 23.8 Å². The quantitative estimate of drug-likeness (QED) is 0.504. The van der Waals surface area contributed by atoms with Crippen molar-refractivity contribution in [1.82, 2.24) is 0 Å². The minimum absolute atomic E-state index is 0.159. The van der Waals surface area contributed by atoms with Crippen molar-refractivity contribution >= 4 is 23.3 Å². The fraction of sp³-hybridized carbons (Fsp3) is 0.0870. The maximum atomic E-state index is 13.2. The lowest BCUT2D eigenvalue weighted by atomic mass is 10.0. The number of ketones is 1. The second kappa shape index (κ2) is 8.93. The maximum absolute atomic E-state index is 13.2. The Morgan fingerprint density at radius 1 is 0.828 bits per heavy atom. The molecule has 0 aliphatic carbocycles. The monoisotopic (exact) mass is 391 g/mol. The molecule has 6 heteroatoms. The van der Waals surface area contributed by atoms with Gasteiger partial charge < -0.3 is 10.1 Å². The highest BCUT2D eigenvalue weighted by atomic mass is 19.1. The molecule has 0 aliphatic rings. The lowest BCUT2D eigenvalue weighted by Crippen LogP contribution is -2.30. The number of carbonyl (C=O) groups is 3. The molecule has 0 aromatic heterocycles. The summed E-state index contributed by atoms with van der Waals surface area (Å²) >= 11 is 0. The first-order valence-electron chi connectivity index (χ1n) is 8.91. The third kappa shape index (κ3) is 5.13. The Morgan fingerprint density at radius 3 is 2.10 bits per heavy atom. The fourth-order valence-corrected chi connectivity index (χ4v) is 2.61. The van der Waals surface area contributed by atoms with Crippen LogP contribution in [-0.2, 0) is 9.53 Å². The zero-order valence-corrected chi connectivity index (χ0v) is 15.6. The summed E-state index contributed by atoms with van der Waals surface area (Å²) in [4.78, 5) is 36.8. The van der Waals surface area contributed by atoms with E-state index in [1.807, 2.05) is 6.07 Å². The summed E-state index contributed by atoms with van der Waals surface area (Å²) in [5.41, 5.74) is 1.46. The average molecular weight is 391 g/mol. The third-order valence-corrected chi connectivity index (χ3v) is 4.16. The zero-order valence-electron chi connectivity index (χ0n) is 15.6. The highest BCUT2D eigenvalue weighted by molar-refractivity contribution is 6.09. The lowest BCUT2D eigenvalue weighted by molar-refractivity contribution is -0.123. The summed E-state index contributed by atoms with van der Waals surface area (Å²) in [6, 6.07) is 20.2. The first-order chi connectivity index (χ1) is 13.9. The highest BCUT2D eigenvalue weighted by Crippen LogP contribution is 2.14. The van der Waals surface area contributed by atoms with Gasteiger partial charge in [0.2, 0.25) is 0 Å². The predicted molar refractivity (Wildman–Crippen MR) is 106 cm³/mol. The Kier molecular flexibility index (Phi) is 6.14. The minimum Gasteiger partial charge on any atom is -0.449 e. The number of esters is 1. The average Bonchev–Trinajstić information content (AvgIpc) is 2.74. The second-order valence-electron chi connectivity index (χ2n) is 6.32. The number of ether oxygens (including phenoxy) is 1. The molecule has 0 unspecified atom stereocenters. The molecule has 3 aromatic rings. The summed E-state index contributed by atoms with van der Waals surface area (Å²) in [5.74, 6) is -1.93. The number of amides is 1. The van der Waals surface area contributed by atoms with Gasteiger partial charge in [-0.1, -0.05) is 48.5 Å². The number of rotatable bonds is 6. The number of benzene rings is 3. The van der Waals surface area contributed by atoms with Crippen molar-refractivity contribution in [2.45, 2.75) is 13.0 Å². The van der Waals surface area contributed by atoms with Gasteiger partial charge in [0, 0.05) is 16.8 Å². The highest BCUT2D eigenvalue weighted by Gasteiger charge is 2.19. The van der Waals surface area contributed by atoms with Gasteiger partial charge in [-0.25, -0.2) is 9.18 Å². The smallest absolute Gasteiger partial charge is 0.338 e. The van der Waals surface area contributed by atoms with E-state index in [9.17, 15) is 18.8 Å². The standard InChI is InChI=1S/C23H18FNO4/c1-15(22(27)25-20-9-5-8-19(24)14-20)29-23(28)18-12-10-17(11-13-18)21(26)16-6-3-2-4-7-16/h2-15H,1H3,(H,25,27)/t15-/m0/s1. The van der Waals surface area contributed by atoms with E-state index in [0.717, 1.165) is 6.07 Å². The lowest BCUT2D eigenvalue weighted by Gasteiger charge is -2.13. The van der Waals surface area contributed by atoms with Crippen molar-refractivity contribution in [3.8, 4) is 0 Å². The molecule has 3 aromatic carbocycles. The van der Waals surface area contributed by atoms with Gasteiger partial charge >= 0.3 is 5.97 Å². The molecule has 0 bridgehead atoms. The van der Waals surface area contributed by atoms with Gasteiger partial charge in [0.1, 0.15) is 5.82 Å². The molecule has 0 saturated carbocycles. The Balaban J connectivity index is 1.61. The molecule has 1 amide bonds. The number of nitrogens with one attached hydrogen (secondary N) is 1. The van der Waals surface area contributed by atoms with E-state index in [-0.39, 0.29) is 17.0 Å². The summed E-state index contributed by atoms with van der Waals surface area (Å²) in [6.45, 7) is 1.42.